The molecule has 0 saturated carbocycles. The number of fused-ring (bicyclic) bond motifs is 1. The highest BCUT2D eigenvalue weighted by molar-refractivity contribution is 8.00. The van der Waals surface area contributed by atoms with E-state index in [4.69, 9.17) is 11.6 Å². The van der Waals surface area contributed by atoms with Gasteiger partial charge in [0, 0.05) is 12.2 Å². The summed E-state index contributed by atoms with van der Waals surface area (Å²) < 4.78 is 0. The number of amides is 2. The van der Waals surface area contributed by atoms with E-state index in [2.05, 4.69) is 5.32 Å². The minimum Gasteiger partial charge on any atom is -0.323 e. The largest absolute Gasteiger partial charge is 0.323 e. The summed E-state index contributed by atoms with van der Waals surface area (Å²) in [6, 6.07) is 15.0. The van der Waals surface area contributed by atoms with Crippen LogP contribution in [0.2, 0.25) is 5.02 Å². The number of hydrogen-bond donors (Lipinski definition) is 1. The molecule has 2 saturated heterocycles. The highest BCUT2D eigenvalue weighted by atomic mass is 35.5. The van der Waals surface area contributed by atoms with E-state index in [0.29, 0.717) is 22.9 Å². The number of benzene rings is 2. The smallest absolute Gasteiger partial charge is 0.248 e. The molecule has 4 nitrogen and oxygen atoms in total. The van der Waals surface area contributed by atoms with Gasteiger partial charge in [0.15, 0.2) is 0 Å². The lowest BCUT2D eigenvalue weighted by Gasteiger charge is -2.34. The van der Waals surface area contributed by atoms with Crippen LogP contribution >= 0.6 is 23.4 Å². The van der Waals surface area contributed by atoms with Crippen molar-refractivity contribution in [3.8, 4) is 0 Å². The summed E-state index contributed by atoms with van der Waals surface area (Å²) in [6.07, 6.45) is 1.20. The average molecular weight is 387 g/mol. The third kappa shape index (κ3) is 2.79. The van der Waals surface area contributed by atoms with Crippen LogP contribution in [0.4, 0.5) is 5.69 Å². The van der Waals surface area contributed by atoms with Gasteiger partial charge in [-0.3, -0.25) is 9.59 Å². The Morgan fingerprint density at radius 2 is 2.04 bits per heavy atom. The lowest BCUT2D eigenvalue weighted by Crippen LogP contribution is -2.48. The van der Waals surface area contributed by atoms with Crippen LogP contribution in [0.15, 0.2) is 48.5 Å². The van der Waals surface area contributed by atoms with Crippen molar-refractivity contribution >= 4 is 40.9 Å². The van der Waals surface area contributed by atoms with E-state index >= 15 is 0 Å². The van der Waals surface area contributed by atoms with E-state index in [1.54, 1.807) is 22.7 Å². The number of anilines is 1. The molecule has 0 bridgehead atoms. The zero-order valence-corrected chi connectivity index (χ0v) is 15.9. The maximum Gasteiger partial charge on any atom is 0.248 e. The third-order valence-corrected chi connectivity index (χ3v) is 6.95. The molecule has 2 aromatic rings. The van der Waals surface area contributed by atoms with Gasteiger partial charge in [0.2, 0.25) is 11.8 Å². The van der Waals surface area contributed by atoms with Crippen LogP contribution in [0.3, 0.4) is 0 Å². The molecular weight excluding hydrogens is 368 g/mol. The first-order chi connectivity index (χ1) is 12.5. The normalized spacial score (nSPS) is 24.6. The van der Waals surface area contributed by atoms with Crippen LogP contribution in [-0.4, -0.2) is 28.5 Å². The number of halogens is 1. The zero-order valence-electron chi connectivity index (χ0n) is 14.4. The van der Waals surface area contributed by atoms with Gasteiger partial charge in [-0.1, -0.05) is 48.0 Å². The van der Waals surface area contributed by atoms with Gasteiger partial charge in [-0.25, -0.2) is 0 Å². The van der Waals surface area contributed by atoms with Gasteiger partial charge in [-0.05, 0) is 36.6 Å². The molecule has 2 atom stereocenters. The second-order valence-corrected chi connectivity index (χ2v) is 8.42. The number of carbonyl (C=O) groups is 2. The molecule has 6 heteroatoms. The molecule has 4 rings (SSSR count). The maximum absolute atomic E-state index is 12.9. The molecule has 2 amide bonds. The molecule has 0 aliphatic carbocycles. The van der Waals surface area contributed by atoms with Gasteiger partial charge in [0.1, 0.15) is 10.9 Å². The van der Waals surface area contributed by atoms with E-state index in [-0.39, 0.29) is 11.8 Å². The summed E-state index contributed by atoms with van der Waals surface area (Å²) in [4.78, 5) is 26.9. The number of thioether (sulfide) groups is 1. The predicted octanol–water partition coefficient (Wildman–Crippen LogP) is 4.18. The van der Waals surface area contributed by atoms with Crippen LogP contribution < -0.4 is 5.32 Å². The maximum atomic E-state index is 12.9. The summed E-state index contributed by atoms with van der Waals surface area (Å²) in [7, 11) is 0. The van der Waals surface area contributed by atoms with E-state index in [9.17, 15) is 9.59 Å². The lowest BCUT2D eigenvalue weighted by molar-refractivity contribution is -0.136. The molecular formula is C20H19ClN2O2S. The summed E-state index contributed by atoms with van der Waals surface area (Å²) in [5.74, 6) is 0.431. The van der Waals surface area contributed by atoms with Crippen LogP contribution in [0, 0.1) is 6.92 Å². The SMILES string of the molecule is Cc1ccc(NC(=O)[C@@H]2CS[C@]3(c4ccccc4)CCC(=O)N23)c(Cl)c1. The number of carbonyl (C=O) groups excluding carboxylic acids is 2. The van der Waals surface area contributed by atoms with Gasteiger partial charge in [0.05, 0.1) is 10.7 Å². The zero-order chi connectivity index (χ0) is 18.3. The minimum absolute atomic E-state index is 0.0361. The fourth-order valence-electron chi connectivity index (χ4n) is 3.77. The van der Waals surface area contributed by atoms with Crippen molar-refractivity contribution in [1.29, 1.82) is 0 Å². The monoisotopic (exact) mass is 386 g/mol. The Morgan fingerprint density at radius 1 is 1.27 bits per heavy atom. The second-order valence-electron chi connectivity index (χ2n) is 6.71. The highest BCUT2D eigenvalue weighted by Gasteiger charge is 2.56. The molecule has 2 heterocycles. The van der Waals surface area contributed by atoms with Gasteiger partial charge in [0.25, 0.3) is 0 Å². The Kier molecular flexibility index (Phi) is 4.45. The lowest BCUT2D eigenvalue weighted by atomic mass is 10.0. The summed E-state index contributed by atoms with van der Waals surface area (Å²) in [6.45, 7) is 1.95. The molecule has 0 aromatic heterocycles. The predicted molar refractivity (Wildman–Crippen MR) is 105 cm³/mol. The standard InChI is InChI=1S/C20H19ClN2O2S/c1-13-7-8-16(15(21)11-13)22-19(25)17-12-26-20(10-9-18(24)23(17)20)14-5-3-2-4-6-14/h2-8,11,17H,9-10,12H2,1H3,(H,22,25)/t17-,20-/m0/s1. The third-order valence-electron chi connectivity index (χ3n) is 5.04. The number of hydrogen-bond acceptors (Lipinski definition) is 3. The molecule has 0 unspecified atom stereocenters. The Bertz CT molecular complexity index is 873. The average Bonchev–Trinajstić information content (AvgIpc) is 3.18. The van der Waals surface area contributed by atoms with Crippen LogP contribution in [0.5, 0.6) is 0 Å². The van der Waals surface area contributed by atoms with Gasteiger partial charge >= 0.3 is 0 Å². The quantitative estimate of drug-likeness (QED) is 0.860. The number of rotatable bonds is 3. The fourth-order valence-corrected chi connectivity index (χ4v) is 5.71. The summed E-state index contributed by atoms with van der Waals surface area (Å²) in [5.41, 5.74) is 2.69. The number of nitrogens with zero attached hydrogens (tertiary/aromatic N) is 1. The van der Waals surface area contributed by atoms with Crippen molar-refractivity contribution in [1.82, 2.24) is 4.90 Å². The molecule has 1 N–H and O–H groups in total. The van der Waals surface area contributed by atoms with Crippen molar-refractivity contribution in [2.45, 2.75) is 30.7 Å². The topological polar surface area (TPSA) is 49.4 Å². The van der Waals surface area contributed by atoms with Crippen molar-refractivity contribution in [3.05, 3.63) is 64.7 Å². The van der Waals surface area contributed by atoms with Crippen molar-refractivity contribution in [3.63, 3.8) is 0 Å². The Morgan fingerprint density at radius 3 is 2.77 bits per heavy atom. The van der Waals surface area contributed by atoms with Crippen LogP contribution in [-0.2, 0) is 14.5 Å². The van der Waals surface area contributed by atoms with E-state index in [1.165, 1.54) is 0 Å². The van der Waals surface area contributed by atoms with Crippen molar-refractivity contribution in [2.75, 3.05) is 11.1 Å². The molecule has 26 heavy (non-hydrogen) atoms. The molecule has 2 aliphatic heterocycles. The van der Waals surface area contributed by atoms with E-state index in [1.807, 2.05) is 49.4 Å². The first kappa shape index (κ1) is 17.4. The van der Waals surface area contributed by atoms with E-state index < -0.39 is 10.9 Å². The van der Waals surface area contributed by atoms with Gasteiger partial charge in [-0.15, -0.1) is 11.8 Å². The van der Waals surface area contributed by atoms with Crippen LogP contribution in [0.1, 0.15) is 24.0 Å². The molecule has 2 aromatic carbocycles. The Labute approximate surface area is 161 Å². The van der Waals surface area contributed by atoms with Gasteiger partial charge < -0.3 is 10.2 Å². The first-order valence-electron chi connectivity index (χ1n) is 8.60. The van der Waals surface area contributed by atoms with Gasteiger partial charge in [-0.2, -0.15) is 0 Å². The number of aryl methyl sites for hydroxylation is 1. The molecule has 2 aliphatic rings. The van der Waals surface area contributed by atoms with Crippen molar-refractivity contribution < 1.29 is 9.59 Å². The first-order valence-corrected chi connectivity index (χ1v) is 9.96. The second kappa shape index (κ2) is 6.63. The highest BCUT2D eigenvalue weighted by Crippen LogP contribution is 2.54. The summed E-state index contributed by atoms with van der Waals surface area (Å²) in [5, 5.41) is 3.41. The molecule has 0 radical (unpaired) electrons. The van der Waals surface area contributed by atoms with Crippen LogP contribution in [0.25, 0.3) is 0 Å². The minimum atomic E-state index is -0.493. The van der Waals surface area contributed by atoms with Crippen molar-refractivity contribution in [2.24, 2.45) is 0 Å². The van der Waals surface area contributed by atoms with E-state index in [0.717, 1.165) is 17.5 Å². The molecule has 2 fully saturated rings. The summed E-state index contributed by atoms with van der Waals surface area (Å²) >= 11 is 7.93. The number of nitrogens with one attached hydrogen (secondary N) is 1. The Hall–Kier alpha value is -1.98. The molecule has 0 spiro atoms. The molecule has 134 valence electrons. The fraction of sp³-hybridized carbons (Fsp3) is 0.300. The Balaban J connectivity index is 1.62.